The molecular weight excluding hydrogens is 336 g/mol. The lowest BCUT2D eigenvalue weighted by Crippen LogP contribution is -2.27. The Morgan fingerprint density at radius 3 is 2.13 bits per heavy atom. The molecule has 2 aromatic carbocycles. The van der Waals surface area contributed by atoms with Crippen molar-refractivity contribution in [3.05, 3.63) is 64.7 Å². The highest BCUT2D eigenvalue weighted by atomic mass is 35.5. The number of carbonyl (C=O) groups excluding carboxylic acids is 1. The van der Waals surface area contributed by atoms with E-state index in [1.165, 1.54) is 12.1 Å². The van der Waals surface area contributed by atoms with E-state index in [1.807, 2.05) is 12.1 Å². The maximum atomic E-state index is 11.8. The van der Waals surface area contributed by atoms with Crippen molar-refractivity contribution < 1.29 is 13.2 Å². The molecule has 0 aromatic heterocycles. The third-order valence-corrected chi connectivity index (χ3v) is 4.45. The normalized spacial score (nSPS) is 11.2. The number of carbonyl (C=O) groups is 1. The smallest absolute Gasteiger partial charge is 0.238 e. The van der Waals surface area contributed by atoms with Crippen molar-refractivity contribution in [3.63, 3.8) is 0 Å². The van der Waals surface area contributed by atoms with Gasteiger partial charge in [0.2, 0.25) is 15.9 Å². The van der Waals surface area contributed by atoms with Gasteiger partial charge in [-0.05, 0) is 41.8 Å². The number of sulfonamides is 1. The molecule has 122 valence electrons. The minimum Gasteiger partial charge on any atom is -0.355 e. The Labute approximate surface area is 140 Å². The van der Waals surface area contributed by atoms with Crippen LogP contribution in [0.4, 0.5) is 0 Å². The van der Waals surface area contributed by atoms with Crippen molar-refractivity contribution in [2.24, 2.45) is 5.14 Å². The van der Waals surface area contributed by atoms with Crippen LogP contribution in [0.2, 0.25) is 5.02 Å². The lowest BCUT2D eigenvalue weighted by atomic mass is 10.1. The summed E-state index contributed by atoms with van der Waals surface area (Å²) >= 11 is 5.79. The fourth-order valence-electron chi connectivity index (χ4n) is 2.04. The molecule has 0 fully saturated rings. The molecule has 0 heterocycles. The topological polar surface area (TPSA) is 89.3 Å². The first kappa shape index (κ1) is 17.5. The fraction of sp³-hybridized carbons (Fsp3) is 0.188. The number of nitrogens with two attached hydrogens (primary N) is 1. The van der Waals surface area contributed by atoms with Gasteiger partial charge < -0.3 is 5.32 Å². The van der Waals surface area contributed by atoms with E-state index in [1.54, 1.807) is 24.3 Å². The Morgan fingerprint density at radius 1 is 1.00 bits per heavy atom. The number of hydrogen-bond acceptors (Lipinski definition) is 3. The molecule has 0 spiro atoms. The zero-order chi connectivity index (χ0) is 16.9. The second kappa shape index (κ2) is 7.59. The number of hydrogen-bond donors (Lipinski definition) is 2. The van der Waals surface area contributed by atoms with Gasteiger partial charge in [0.15, 0.2) is 0 Å². The Balaban J connectivity index is 1.80. The van der Waals surface area contributed by atoms with Crippen LogP contribution in [-0.4, -0.2) is 20.9 Å². The molecule has 2 aromatic rings. The third-order valence-electron chi connectivity index (χ3n) is 3.27. The van der Waals surface area contributed by atoms with Gasteiger partial charge in [0.05, 0.1) is 11.3 Å². The van der Waals surface area contributed by atoms with Gasteiger partial charge in [0, 0.05) is 11.6 Å². The average Bonchev–Trinajstić information content (AvgIpc) is 2.49. The van der Waals surface area contributed by atoms with E-state index in [0.717, 1.165) is 11.1 Å². The summed E-state index contributed by atoms with van der Waals surface area (Å²) in [5, 5.41) is 8.50. The number of rotatable bonds is 6. The molecule has 3 N–H and O–H groups in total. The zero-order valence-electron chi connectivity index (χ0n) is 12.3. The molecule has 0 saturated heterocycles. The molecule has 2 rings (SSSR count). The Hall–Kier alpha value is -1.89. The fourth-order valence-corrected chi connectivity index (χ4v) is 2.68. The van der Waals surface area contributed by atoms with Gasteiger partial charge in [-0.2, -0.15) is 0 Å². The molecule has 0 aliphatic rings. The first-order chi connectivity index (χ1) is 10.8. The highest BCUT2D eigenvalue weighted by Gasteiger charge is 2.07. The lowest BCUT2D eigenvalue weighted by molar-refractivity contribution is -0.120. The number of halogens is 1. The molecule has 23 heavy (non-hydrogen) atoms. The van der Waals surface area contributed by atoms with Crippen molar-refractivity contribution >= 4 is 27.5 Å². The van der Waals surface area contributed by atoms with E-state index in [4.69, 9.17) is 16.7 Å². The second-order valence-corrected chi connectivity index (χ2v) is 7.09. The van der Waals surface area contributed by atoms with E-state index in [2.05, 4.69) is 5.32 Å². The Bertz CT molecular complexity index is 772. The Morgan fingerprint density at radius 2 is 1.57 bits per heavy atom. The van der Waals surface area contributed by atoms with Crippen molar-refractivity contribution in [1.82, 2.24) is 5.32 Å². The van der Waals surface area contributed by atoms with Gasteiger partial charge in [-0.1, -0.05) is 35.9 Å². The van der Waals surface area contributed by atoms with E-state index >= 15 is 0 Å². The molecule has 0 atom stereocenters. The summed E-state index contributed by atoms with van der Waals surface area (Å²) in [6.45, 7) is 0.473. The van der Waals surface area contributed by atoms with Crippen molar-refractivity contribution in [1.29, 1.82) is 0 Å². The van der Waals surface area contributed by atoms with Crippen LogP contribution in [0, 0.1) is 0 Å². The van der Waals surface area contributed by atoms with Gasteiger partial charge in [0.25, 0.3) is 0 Å². The summed E-state index contributed by atoms with van der Waals surface area (Å²) in [6, 6.07) is 13.4. The first-order valence-corrected chi connectivity index (χ1v) is 8.90. The quantitative estimate of drug-likeness (QED) is 0.831. The summed E-state index contributed by atoms with van der Waals surface area (Å²) in [5.74, 6) is -0.0755. The van der Waals surface area contributed by atoms with Crippen LogP contribution >= 0.6 is 11.6 Å². The largest absolute Gasteiger partial charge is 0.355 e. The van der Waals surface area contributed by atoms with Crippen LogP contribution in [0.3, 0.4) is 0 Å². The SMILES string of the molecule is NS(=O)(=O)c1ccc(CCNC(=O)Cc2ccc(Cl)cc2)cc1. The zero-order valence-corrected chi connectivity index (χ0v) is 13.9. The molecule has 7 heteroatoms. The van der Waals surface area contributed by atoms with Gasteiger partial charge >= 0.3 is 0 Å². The minimum atomic E-state index is -3.67. The molecule has 1 amide bonds. The monoisotopic (exact) mass is 352 g/mol. The van der Waals surface area contributed by atoms with Crippen LogP contribution in [-0.2, 0) is 27.7 Å². The van der Waals surface area contributed by atoms with Crippen molar-refractivity contribution in [3.8, 4) is 0 Å². The van der Waals surface area contributed by atoms with E-state index in [9.17, 15) is 13.2 Å². The highest BCUT2D eigenvalue weighted by molar-refractivity contribution is 7.89. The van der Waals surface area contributed by atoms with Crippen LogP contribution in [0.5, 0.6) is 0 Å². The maximum absolute atomic E-state index is 11.8. The number of amides is 1. The number of primary sulfonamides is 1. The predicted molar refractivity (Wildman–Crippen MR) is 89.7 cm³/mol. The summed E-state index contributed by atoms with van der Waals surface area (Å²) in [5.41, 5.74) is 1.81. The standard InChI is InChI=1S/C16H17ClN2O3S/c17-14-5-1-13(2-6-14)11-16(20)19-10-9-12-3-7-15(8-4-12)23(18,21)22/h1-8H,9-11H2,(H,19,20)(H2,18,21,22). The molecule has 0 saturated carbocycles. The van der Waals surface area contributed by atoms with Gasteiger partial charge in [-0.25, -0.2) is 13.6 Å². The van der Waals surface area contributed by atoms with Crippen molar-refractivity contribution in [2.45, 2.75) is 17.7 Å². The van der Waals surface area contributed by atoms with Crippen LogP contribution in [0.1, 0.15) is 11.1 Å². The first-order valence-electron chi connectivity index (χ1n) is 6.97. The van der Waals surface area contributed by atoms with Crippen LogP contribution < -0.4 is 10.5 Å². The summed E-state index contributed by atoms with van der Waals surface area (Å²) in [4.78, 5) is 11.9. The van der Waals surface area contributed by atoms with Gasteiger partial charge in [-0.3, -0.25) is 4.79 Å². The van der Waals surface area contributed by atoms with Crippen LogP contribution in [0.25, 0.3) is 0 Å². The highest BCUT2D eigenvalue weighted by Crippen LogP contribution is 2.10. The third kappa shape index (κ3) is 5.67. The number of benzene rings is 2. The molecule has 0 unspecified atom stereocenters. The van der Waals surface area contributed by atoms with E-state index in [0.29, 0.717) is 24.4 Å². The van der Waals surface area contributed by atoms with Crippen molar-refractivity contribution in [2.75, 3.05) is 6.54 Å². The number of nitrogens with one attached hydrogen (secondary N) is 1. The average molecular weight is 353 g/mol. The van der Waals surface area contributed by atoms with E-state index < -0.39 is 10.0 Å². The Kier molecular flexibility index (Phi) is 5.76. The van der Waals surface area contributed by atoms with Gasteiger partial charge in [0.1, 0.15) is 0 Å². The summed E-state index contributed by atoms with van der Waals surface area (Å²) in [6.07, 6.45) is 0.902. The maximum Gasteiger partial charge on any atom is 0.238 e. The molecule has 0 aliphatic carbocycles. The molecule has 0 aliphatic heterocycles. The predicted octanol–water partition coefficient (Wildman–Crippen LogP) is 1.89. The molecule has 5 nitrogen and oxygen atoms in total. The molecule has 0 radical (unpaired) electrons. The van der Waals surface area contributed by atoms with Gasteiger partial charge in [-0.15, -0.1) is 0 Å². The molecule has 0 bridgehead atoms. The minimum absolute atomic E-state index is 0.0755. The van der Waals surface area contributed by atoms with Crippen LogP contribution in [0.15, 0.2) is 53.4 Å². The second-order valence-electron chi connectivity index (χ2n) is 5.09. The molecular formula is C16H17ClN2O3S. The lowest BCUT2D eigenvalue weighted by Gasteiger charge is -2.06. The summed E-state index contributed by atoms with van der Waals surface area (Å²) < 4.78 is 22.3. The van der Waals surface area contributed by atoms with E-state index in [-0.39, 0.29) is 10.8 Å². The summed E-state index contributed by atoms with van der Waals surface area (Å²) in [7, 11) is -3.67.